The number of carbonyl (C=O) groups excluding carboxylic acids is 1. The van der Waals surface area contributed by atoms with Gasteiger partial charge in [0.25, 0.3) is 5.91 Å². The topological polar surface area (TPSA) is 67.6 Å². The fourth-order valence-corrected chi connectivity index (χ4v) is 6.38. The molecule has 2 bridgehead atoms. The zero-order chi connectivity index (χ0) is 19.5. The number of amides is 1. The molecule has 3 aliphatic heterocycles. The number of aryl methyl sites for hydroxylation is 3. The summed E-state index contributed by atoms with van der Waals surface area (Å²) in [6.45, 7) is 9.42. The molecular formula is C21H27N3O3S. The molecule has 0 aromatic carbocycles. The van der Waals surface area contributed by atoms with Crippen molar-refractivity contribution in [2.45, 2.75) is 51.9 Å². The highest BCUT2D eigenvalue weighted by Gasteiger charge is 2.62. The van der Waals surface area contributed by atoms with Crippen molar-refractivity contribution in [2.24, 2.45) is 11.8 Å². The highest BCUT2D eigenvalue weighted by Crippen LogP contribution is 2.54. The van der Waals surface area contributed by atoms with Crippen molar-refractivity contribution < 1.29 is 13.9 Å². The Balaban J connectivity index is 1.25. The Morgan fingerprint density at radius 1 is 1.43 bits per heavy atom. The van der Waals surface area contributed by atoms with Crippen LogP contribution in [0.3, 0.4) is 0 Å². The average Bonchev–Trinajstić information content (AvgIpc) is 3.42. The molecule has 0 aliphatic carbocycles. The lowest BCUT2D eigenvalue weighted by Crippen LogP contribution is -2.41. The summed E-state index contributed by atoms with van der Waals surface area (Å²) in [7, 11) is 0. The fourth-order valence-electron chi connectivity index (χ4n) is 5.54. The minimum atomic E-state index is -0.0406. The molecule has 4 atom stereocenters. The molecule has 2 aromatic rings. The molecule has 150 valence electrons. The molecule has 3 saturated heterocycles. The van der Waals surface area contributed by atoms with Crippen molar-refractivity contribution in [1.82, 2.24) is 15.2 Å². The van der Waals surface area contributed by atoms with Crippen LogP contribution < -0.4 is 5.32 Å². The lowest BCUT2D eigenvalue weighted by molar-refractivity contribution is 0.00219. The van der Waals surface area contributed by atoms with E-state index in [2.05, 4.69) is 22.1 Å². The number of nitrogens with one attached hydrogen (secondary N) is 1. The lowest BCUT2D eigenvalue weighted by atomic mass is 9.73. The highest BCUT2D eigenvalue weighted by molar-refractivity contribution is 7.11. The molecule has 28 heavy (non-hydrogen) atoms. The Hall–Kier alpha value is -1.70. The van der Waals surface area contributed by atoms with Crippen LogP contribution in [0.1, 0.15) is 44.6 Å². The SMILES string of the molecule is Cc1cc(C(=O)NC[C@H]2[C@H]3CN(Cc4cnc(C)s4)C[C@]34CC[C@H]2O4)c(C)o1. The molecule has 1 spiro atoms. The normalized spacial score (nSPS) is 31.5. The van der Waals surface area contributed by atoms with Gasteiger partial charge in [-0.3, -0.25) is 9.69 Å². The molecule has 7 heteroatoms. The second-order valence-electron chi connectivity index (χ2n) is 8.58. The van der Waals surface area contributed by atoms with E-state index >= 15 is 0 Å². The van der Waals surface area contributed by atoms with Gasteiger partial charge in [-0.25, -0.2) is 4.98 Å². The third kappa shape index (κ3) is 3.00. The number of ether oxygens (including phenoxy) is 1. The Kier molecular flexibility index (Phi) is 4.37. The molecule has 3 aliphatic rings. The van der Waals surface area contributed by atoms with Gasteiger partial charge in [-0.15, -0.1) is 11.3 Å². The lowest BCUT2D eigenvalue weighted by Gasteiger charge is -2.29. The largest absolute Gasteiger partial charge is 0.466 e. The van der Waals surface area contributed by atoms with E-state index in [4.69, 9.17) is 9.15 Å². The number of carbonyl (C=O) groups is 1. The Labute approximate surface area is 169 Å². The maximum absolute atomic E-state index is 12.6. The summed E-state index contributed by atoms with van der Waals surface area (Å²) in [4.78, 5) is 20.8. The van der Waals surface area contributed by atoms with Gasteiger partial charge in [0.05, 0.1) is 22.3 Å². The summed E-state index contributed by atoms with van der Waals surface area (Å²) < 4.78 is 12.0. The van der Waals surface area contributed by atoms with Crippen LogP contribution in [0.15, 0.2) is 16.7 Å². The Morgan fingerprint density at radius 2 is 2.29 bits per heavy atom. The van der Waals surface area contributed by atoms with Crippen LogP contribution in [-0.4, -0.2) is 47.1 Å². The van der Waals surface area contributed by atoms with Crippen LogP contribution in [0, 0.1) is 32.6 Å². The van der Waals surface area contributed by atoms with Crippen molar-refractivity contribution >= 4 is 17.2 Å². The van der Waals surface area contributed by atoms with E-state index in [9.17, 15) is 4.79 Å². The molecular weight excluding hydrogens is 374 g/mol. The third-order valence-electron chi connectivity index (χ3n) is 6.69. The zero-order valence-corrected chi connectivity index (χ0v) is 17.5. The number of aromatic nitrogens is 1. The summed E-state index contributed by atoms with van der Waals surface area (Å²) in [6.07, 6.45) is 4.53. The first-order chi connectivity index (χ1) is 13.4. The molecule has 5 rings (SSSR count). The smallest absolute Gasteiger partial charge is 0.254 e. The summed E-state index contributed by atoms with van der Waals surface area (Å²) in [5.41, 5.74) is 0.631. The minimum Gasteiger partial charge on any atom is -0.466 e. The van der Waals surface area contributed by atoms with E-state index in [0.29, 0.717) is 29.7 Å². The summed E-state index contributed by atoms with van der Waals surface area (Å²) >= 11 is 1.78. The highest BCUT2D eigenvalue weighted by atomic mass is 32.1. The maximum atomic E-state index is 12.6. The van der Waals surface area contributed by atoms with Gasteiger partial charge in [-0.2, -0.15) is 0 Å². The summed E-state index contributed by atoms with van der Waals surface area (Å²) in [5, 5.41) is 4.27. The molecule has 0 radical (unpaired) electrons. The zero-order valence-electron chi connectivity index (χ0n) is 16.7. The number of rotatable bonds is 5. The molecule has 6 nitrogen and oxygen atoms in total. The molecule has 5 heterocycles. The third-order valence-corrected chi connectivity index (χ3v) is 7.58. The molecule has 1 N–H and O–H groups in total. The number of hydrogen-bond acceptors (Lipinski definition) is 6. The number of fused-ring (bicyclic) bond motifs is 1. The van der Waals surface area contributed by atoms with Gasteiger partial charge in [0.15, 0.2) is 0 Å². The number of hydrogen-bond donors (Lipinski definition) is 1. The van der Waals surface area contributed by atoms with Crippen LogP contribution in [0.25, 0.3) is 0 Å². The van der Waals surface area contributed by atoms with E-state index < -0.39 is 0 Å². The maximum Gasteiger partial charge on any atom is 0.254 e. The predicted octanol–water partition coefficient (Wildman–Crippen LogP) is 3.07. The first kappa shape index (κ1) is 18.3. The van der Waals surface area contributed by atoms with Gasteiger partial charge in [-0.1, -0.05) is 0 Å². The van der Waals surface area contributed by atoms with Crippen molar-refractivity contribution in [3.05, 3.63) is 39.2 Å². The Morgan fingerprint density at radius 3 is 3.00 bits per heavy atom. The van der Waals surface area contributed by atoms with Crippen molar-refractivity contribution in [2.75, 3.05) is 19.6 Å². The molecule has 0 saturated carbocycles. The van der Waals surface area contributed by atoms with E-state index in [1.807, 2.05) is 26.1 Å². The first-order valence-electron chi connectivity index (χ1n) is 10.1. The molecule has 2 aromatic heterocycles. The van der Waals surface area contributed by atoms with Crippen LogP contribution in [0.2, 0.25) is 0 Å². The average molecular weight is 402 g/mol. The van der Waals surface area contributed by atoms with E-state index in [1.165, 1.54) is 4.88 Å². The van der Waals surface area contributed by atoms with Crippen LogP contribution in [-0.2, 0) is 11.3 Å². The number of furan rings is 1. The standard InChI is InChI=1S/C21H27N3O3S/c1-12-6-16(13(2)26-12)20(25)23-8-17-18-10-24(9-15-7-22-14(3)28-15)11-21(18)5-4-19(17)27-21/h6-7,17-19H,4-5,8-11H2,1-3H3,(H,23,25)/t17-,18+,19+,21+/m0/s1. The number of thiazole rings is 1. The van der Waals surface area contributed by atoms with Gasteiger partial charge < -0.3 is 14.5 Å². The molecule has 1 amide bonds. The minimum absolute atomic E-state index is 0.0120. The van der Waals surface area contributed by atoms with E-state index in [-0.39, 0.29) is 17.6 Å². The predicted molar refractivity (Wildman–Crippen MR) is 106 cm³/mol. The second kappa shape index (κ2) is 6.68. The van der Waals surface area contributed by atoms with Crippen molar-refractivity contribution in [3.8, 4) is 0 Å². The van der Waals surface area contributed by atoms with Gasteiger partial charge >= 0.3 is 0 Å². The van der Waals surface area contributed by atoms with Crippen LogP contribution >= 0.6 is 11.3 Å². The van der Waals surface area contributed by atoms with Crippen LogP contribution in [0.5, 0.6) is 0 Å². The van der Waals surface area contributed by atoms with Crippen molar-refractivity contribution in [1.29, 1.82) is 0 Å². The van der Waals surface area contributed by atoms with Crippen LogP contribution in [0.4, 0.5) is 0 Å². The summed E-state index contributed by atoms with van der Waals surface area (Å²) in [6, 6.07) is 1.82. The molecule has 0 unspecified atom stereocenters. The summed E-state index contributed by atoms with van der Waals surface area (Å²) in [5.74, 6) is 2.30. The fraction of sp³-hybridized carbons (Fsp3) is 0.619. The quantitative estimate of drug-likeness (QED) is 0.834. The van der Waals surface area contributed by atoms with Gasteiger partial charge in [0.1, 0.15) is 11.5 Å². The number of nitrogens with zero attached hydrogens (tertiary/aromatic N) is 2. The monoisotopic (exact) mass is 401 g/mol. The molecule has 3 fully saturated rings. The van der Waals surface area contributed by atoms with E-state index in [0.717, 1.165) is 43.2 Å². The van der Waals surface area contributed by atoms with Crippen molar-refractivity contribution in [3.63, 3.8) is 0 Å². The van der Waals surface area contributed by atoms with Gasteiger partial charge in [0.2, 0.25) is 0 Å². The van der Waals surface area contributed by atoms with E-state index in [1.54, 1.807) is 11.3 Å². The second-order valence-corrected chi connectivity index (χ2v) is 9.90. The Bertz CT molecular complexity index is 907. The van der Waals surface area contributed by atoms with Gasteiger partial charge in [-0.05, 0) is 39.7 Å². The number of likely N-dealkylation sites (tertiary alicyclic amines) is 1. The first-order valence-corrected chi connectivity index (χ1v) is 10.9. The van der Waals surface area contributed by atoms with Gasteiger partial charge in [0, 0.05) is 49.1 Å².